The molecular weight excluding hydrogens is 262 g/mol. The number of amides is 2. The van der Waals surface area contributed by atoms with E-state index in [1.165, 1.54) is 23.2 Å². The largest absolute Gasteiger partial charge is 0.477 e. The molecule has 0 aliphatic carbocycles. The third-order valence-corrected chi connectivity index (χ3v) is 3.34. The first-order chi connectivity index (χ1) is 9.49. The number of likely N-dealkylation sites (tertiary alicyclic amines) is 1. The zero-order valence-electron chi connectivity index (χ0n) is 10.8. The number of aromatic carboxylic acids is 1. The Labute approximate surface area is 115 Å². The van der Waals surface area contributed by atoms with Crippen molar-refractivity contribution in [2.75, 3.05) is 13.1 Å². The first kappa shape index (κ1) is 14.0. The maximum atomic E-state index is 12.3. The summed E-state index contributed by atoms with van der Waals surface area (Å²) in [5.74, 6) is -2.24. The maximum Gasteiger partial charge on any atom is 0.354 e. The van der Waals surface area contributed by atoms with Gasteiger partial charge >= 0.3 is 5.97 Å². The van der Waals surface area contributed by atoms with Gasteiger partial charge in [0, 0.05) is 24.8 Å². The van der Waals surface area contributed by atoms with Gasteiger partial charge in [-0.25, -0.2) is 9.78 Å². The fourth-order valence-corrected chi connectivity index (χ4v) is 2.26. The van der Waals surface area contributed by atoms with E-state index in [4.69, 9.17) is 10.8 Å². The Morgan fingerprint density at radius 2 is 2.15 bits per heavy atom. The van der Waals surface area contributed by atoms with Gasteiger partial charge in [0.05, 0.1) is 5.92 Å². The molecule has 1 aliphatic rings. The van der Waals surface area contributed by atoms with E-state index in [9.17, 15) is 14.4 Å². The minimum atomic E-state index is -1.19. The Morgan fingerprint density at radius 3 is 2.80 bits per heavy atom. The van der Waals surface area contributed by atoms with Gasteiger partial charge in [-0.1, -0.05) is 0 Å². The SMILES string of the molecule is NC(=O)C1CCCN(C(=O)c2ccnc(C(=O)O)c2)C1. The predicted molar refractivity (Wildman–Crippen MR) is 69.0 cm³/mol. The van der Waals surface area contributed by atoms with Crippen LogP contribution in [-0.4, -0.2) is 45.9 Å². The minimum absolute atomic E-state index is 0.181. The number of hydrogen-bond acceptors (Lipinski definition) is 4. The second-order valence-electron chi connectivity index (χ2n) is 4.73. The fourth-order valence-electron chi connectivity index (χ4n) is 2.26. The summed E-state index contributed by atoms with van der Waals surface area (Å²) < 4.78 is 0. The van der Waals surface area contributed by atoms with Crippen LogP contribution in [0.3, 0.4) is 0 Å². The van der Waals surface area contributed by atoms with Crippen molar-refractivity contribution in [2.45, 2.75) is 12.8 Å². The molecule has 0 aromatic carbocycles. The molecule has 0 radical (unpaired) electrons. The molecular formula is C13H15N3O4. The Hall–Kier alpha value is -2.44. The van der Waals surface area contributed by atoms with Gasteiger partial charge < -0.3 is 15.7 Å². The first-order valence-corrected chi connectivity index (χ1v) is 6.27. The smallest absolute Gasteiger partial charge is 0.354 e. The monoisotopic (exact) mass is 277 g/mol. The number of primary amides is 1. The van der Waals surface area contributed by atoms with Crippen molar-refractivity contribution in [1.82, 2.24) is 9.88 Å². The van der Waals surface area contributed by atoms with Crippen LogP contribution in [0, 0.1) is 5.92 Å². The number of rotatable bonds is 3. The highest BCUT2D eigenvalue weighted by atomic mass is 16.4. The molecule has 7 nitrogen and oxygen atoms in total. The second kappa shape index (κ2) is 5.68. The molecule has 0 saturated carbocycles. The third-order valence-electron chi connectivity index (χ3n) is 3.34. The highest BCUT2D eigenvalue weighted by Gasteiger charge is 2.27. The van der Waals surface area contributed by atoms with Crippen molar-refractivity contribution in [3.05, 3.63) is 29.6 Å². The summed E-state index contributed by atoms with van der Waals surface area (Å²) in [7, 11) is 0. The molecule has 7 heteroatoms. The molecule has 1 aromatic rings. The third kappa shape index (κ3) is 2.93. The first-order valence-electron chi connectivity index (χ1n) is 6.27. The number of pyridine rings is 1. The van der Waals surface area contributed by atoms with Crippen LogP contribution in [0.2, 0.25) is 0 Å². The lowest BCUT2D eigenvalue weighted by atomic mass is 9.97. The van der Waals surface area contributed by atoms with E-state index in [0.29, 0.717) is 19.4 Å². The Kier molecular flexibility index (Phi) is 3.97. The number of nitrogens with zero attached hydrogens (tertiary/aromatic N) is 2. The number of hydrogen-bond donors (Lipinski definition) is 2. The Bertz CT molecular complexity index is 558. The number of carboxylic acids is 1. The summed E-state index contributed by atoms with van der Waals surface area (Å²) in [6, 6.07) is 2.70. The predicted octanol–water partition coefficient (Wildman–Crippen LogP) is 0.117. The van der Waals surface area contributed by atoms with E-state index in [2.05, 4.69) is 4.98 Å². The highest BCUT2D eigenvalue weighted by molar-refractivity contribution is 5.97. The van der Waals surface area contributed by atoms with Crippen LogP contribution >= 0.6 is 0 Å². The van der Waals surface area contributed by atoms with Gasteiger partial charge in [0.15, 0.2) is 0 Å². The topological polar surface area (TPSA) is 114 Å². The van der Waals surface area contributed by atoms with E-state index in [0.717, 1.165) is 0 Å². The van der Waals surface area contributed by atoms with Crippen LogP contribution in [0.15, 0.2) is 18.3 Å². The lowest BCUT2D eigenvalue weighted by Gasteiger charge is -2.31. The van der Waals surface area contributed by atoms with Crippen LogP contribution in [-0.2, 0) is 4.79 Å². The molecule has 1 fully saturated rings. The van der Waals surface area contributed by atoms with Crippen molar-refractivity contribution in [3.8, 4) is 0 Å². The van der Waals surface area contributed by atoms with Crippen LogP contribution in [0.1, 0.15) is 33.7 Å². The van der Waals surface area contributed by atoms with Gasteiger partial charge in [0.1, 0.15) is 5.69 Å². The lowest BCUT2D eigenvalue weighted by molar-refractivity contribution is -0.123. The van der Waals surface area contributed by atoms with Crippen molar-refractivity contribution >= 4 is 17.8 Å². The van der Waals surface area contributed by atoms with Gasteiger partial charge in [-0.05, 0) is 25.0 Å². The summed E-state index contributed by atoms with van der Waals surface area (Å²) in [6.45, 7) is 0.812. The Morgan fingerprint density at radius 1 is 1.40 bits per heavy atom. The number of carboxylic acid groups (broad SMARTS) is 1. The maximum absolute atomic E-state index is 12.3. The normalized spacial score (nSPS) is 18.6. The molecule has 0 bridgehead atoms. The second-order valence-corrected chi connectivity index (χ2v) is 4.73. The number of carbonyl (C=O) groups excluding carboxylic acids is 2. The number of carbonyl (C=O) groups is 3. The van der Waals surface area contributed by atoms with Gasteiger partial charge in [0.2, 0.25) is 5.91 Å². The molecule has 1 unspecified atom stereocenters. The summed E-state index contributed by atoms with van der Waals surface area (Å²) >= 11 is 0. The van der Waals surface area contributed by atoms with Crippen LogP contribution in [0.25, 0.3) is 0 Å². The minimum Gasteiger partial charge on any atom is -0.477 e. The zero-order valence-corrected chi connectivity index (χ0v) is 10.8. The average Bonchev–Trinajstić information content (AvgIpc) is 2.46. The van der Waals surface area contributed by atoms with E-state index >= 15 is 0 Å². The van der Waals surface area contributed by atoms with E-state index in [-0.39, 0.29) is 29.6 Å². The van der Waals surface area contributed by atoms with Crippen LogP contribution < -0.4 is 5.73 Å². The molecule has 1 aliphatic heterocycles. The van der Waals surface area contributed by atoms with Gasteiger partial charge in [-0.15, -0.1) is 0 Å². The lowest BCUT2D eigenvalue weighted by Crippen LogP contribution is -2.44. The van der Waals surface area contributed by atoms with Crippen LogP contribution in [0.4, 0.5) is 0 Å². The molecule has 2 amide bonds. The molecule has 1 atom stereocenters. The number of piperidine rings is 1. The summed E-state index contributed by atoms with van der Waals surface area (Å²) in [5, 5.41) is 8.87. The molecule has 0 spiro atoms. The zero-order chi connectivity index (χ0) is 14.7. The molecule has 1 saturated heterocycles. The van der Waals surface area contributed by atoms with E-state index in [1.807, 2.05) is 0 Å². The molecule has 106 valence electrons. The molecule has 2 rings (SSSR count). The van der Waals surface area contributed by atoms with Gasteiger partial charge in [-0.3, -0.25) is 9.59 Å². The fraction of sp³-hybridized carbons (Fsp3) is 0.385. The molecule has 20 heavy (non-hydrogen) atoms. The molecule has 2 heterocycles. The summed E-state index contributed by atoms with van der Waals surface area (Å²) in [6.07, 6.45) is 2.66. The number of nitrogens with two attached hydrogens (primary N) is 1. The van der Waals surface area contributed by atoms with Crippen molar-refractivity contribution < 1.29 is 19.5 Å². The quantitative estimate of drug-likeness (QED) is 0.814. The van der Waals surface area contributed by atoms with Crippen molar-refractivity contribution in [1.29, 1.82) is 0 Å². The number of aromatic nitrogens is 1. The highest BCUT2D eigenvalue weighted by Crippen LogP contribution is 2.18. The Balaban J connectivity index is 2.16. The van der Waals surface area contributed by atoms with Crippen LogP contribution in [0.5, 0.6) is 0 Å². The standard InChI is InChI=1S/C13H15N3O4/c14-11(17)9-2-1-5-16(7-9)12(18)8-3-4-15-10(6-8)13(19)20/h3-4,6,9H,1-2,5,7H2,(H2,14,17)(H,19,20). The van der Waals surface area contributed by atoms with E-state index < -0.39 is 11.9 Å². The average molecular weight is 277 g/mol. The molecule has 1 aromatic heterocycles. The molecule has 3 N–H and O–H groups in total. The van der Waals surface area contributed by atoms with Gasteiger partial charge in [-0.2, -0.15) is 0 Å². The summed E-state index contributed by atoms with van der Waals surface area (Å²) in [5.41, 5.74) is 5.34. The van der Waals surface area contributed by atoms with Gasteiger partial charge in [0.25, 0.3) is 5.91 Å². The van der Waals surface area contributed by atoms with Crippen molar-refractivity contribution in [3.63, 3.8) is 0 Å². The summed E-state index contributed by atoms with van der Waals surface area (Å²) in [4.78, 5) is 39.5. The van der Waals surface area contributed by atoms with Crippen molar-refractivity contribution in [2.24, 2.45) is 11.7 Å². The van der Waals surface area contributed by atoms with E-state index in [1.54, 1.807) is 0 Å².